The Labute approximate surface area is 137 Å². The number of hydrogen-bond donors (Lipinski definition) is 1. The van der Waals surface area contributed by atoms with Gasteiger partial charge in [-0.25, -0.2) is 9.97 Å². The second kappa shape index (κ2) is 6.17. The van der Waals surface area contributed by atoms with Crippen molar-refractivity contribution >= 4 is 5.91 Å². The van der Waals surface area contributed by atoms with Gasteiger partial charge in [0, 0.05) is 30.2 Å². The van der Waals surface area contributed by atoms with Gasteiger partial charge in [-0.3, -0.25) is 4.79 Å². The number of piperidine rings is 2. The van der Waals surface area contributed by atoms with Crippen LogP contribution in [0.3, 0.4) is 0 Å². The number of amides is 1. The van der Waals surface area contributed by atoms with Gasteiger partial charge in [-0.15, -0.1) is 0 Å². The number of nitrogens with zero attached hydrogens (tertiary/aromatic N) is 4. The minimum Gasteiger partial charge on any atom is -0.396 e. The molecule has 1 amide bonds. The highest BCUT2D eigenvalue weighted by molar-refractivity contribution is 5.92. The molecule has 1 N–H and O–H groups in total. The van der Waals surface area contributed by atoms with E-state index in [1.807, 2.05) is 18.7 Å². The second-order valence-corrected chi connectivity index (χ2v) is 7.06. The molecule has 0 spiro atoms. The Bertz CT molecular complexity index is 586. The van der Waals surface area contributed by atoms with Crippen LogP contribution in [0.4, 0.5) is 0 Å². The molecule has 2 aliphatic heterocycles. The normalized spacial score (nSPS) is 28.5. The van der Waals surface area contributed by atoms with Crippen molar-refractivity contribution in [1.82, 2.24) is 19.8 Å². The molecule has 0 aromatic carbocycles. The van der Waals surface area contributed by atoms with Gasteiger partial charge in [-0.1, -0.05) is 0 Å². The lowest BCUT2D eigenvalue weighted by Gasteiger charge is -2.53. The number of likely N-dealkylation sites (tertiary alicyclic amines) is 2. The van der Waals surface area contributed by atoms with Crippen LogP contribution in [0.1, 0.15) is 41.3 Å². The molecule has 0 aliphatic carbocycles. The van der Waals surface area contributed by atoms with Crippen LogP contribution in [0.25, 0.3) is 0 Å². The average Bonchev–Trinajstić information content (AvgIpc) is 2.53. The number of aryl methyl sites for hydroxylation is 2. The van der Waals surface area contributed by atoms with E-state index < -0.39 is 0 Å². The Morgan fingerprint density at radius 2 is 2.13 bits per heavy atom. The first kappa shape index (κ1) is 16.3. The molecule has 2 saturated heterocycles. The van der Waals surface area contributed by atoms with Crippen LogP contribution in [0.5, 0.6) is 0 Å². The summed E-state index contributed by atoms with van der Waals surface area (Å²) in [5.74, 6) is 0.606. The molecule has 126 valence electrons. The summed E-state index contributed by atoms with van der Waals surface area (Å²) < 4.78 is 0. The Morgan fingerprint density at radius 1 is 1.35 bits per heavy atom. The molecule has 1 aromatic heterocycles. The Hall–Kier alpha value is -1.53. The molecule has 23 heavy (non-hydrogen) atoms. The van der Waals surface area contributed by atoms with Gasteiger partial charge in [0.1, 0.15) is 11.5 Å². The molecule has 3 rings (SSSR count). The number of fused-ring (bicyclic) bond motifs is 1. The highest BCUT2D eigenvalue weighted by atomic mass is 16.3. The Balaban J connectivity index is 1.81. The molecule has 0 bridgehead atoms. The van der Waals surface area contributed by atoms with Crippen molar-refractivity contribution in [2.24, 2.45) is 5.41 Å². The van der Waals surface area contributed by atoms with Crippen molar-refractivity contribution in [2.45, 2.75) is 39.2 Å². The third-order valence-electron chi connectivity index (χ3n) is 5.48. The number of likely N-dealkylation sites (N-methyl/N-ethyl adjacent to an activating group) is 1. The van der Waals surface area contributed by atoms with Gasteiger partial charge in [0.15, 0.2) is 0 Å². The number of carbonyl (C=O) groups is 1. The lowest BCUT2D eigenvalue weighted by molar-refractivity contribution is -0.0602. The van der Waals surface area contributed by atoms with Crippen LogP contribution in [-0.2, 0) is 0 Å². The van der Waals surface area contributed by atoms with Crippen molar-refractivity contribution in [3.05, 3.63) is 23.3 Å². The number of rotatable bonds is 2. The average molecular weight is 318 g/mol. The molecular formula is C17H26N4O2. The standard InChI is InChI=1S/C17H26N4O2/c1-12-9-14(19-13(2)18-12)16(23)21-8-6-17(11-22)5-4-7-20(3)15(17)10-21/h9,15,22H,4-8,10-11H2,1-3H3/t15-,17-/m1/s1. The minimum atomic E-state index is -0.0543. The third kappa shape index (κ3) is 2.97. The van der Waals surface area contributed by atoms with Crippen molar-refractivity contribution in [2.75, 3.05) is 33.3 Å². The van der Waals surface area contributed by atoms with Gasteiger partial charge in [0.2, 0.25) is 0 Å². The summed E-state index contributed by atoms with van der Waals surface area (Å²) in [6.07, 6.45) is 3.02. The summed E-state index contributed by atoms with van der Waals surface area (Å²) in [6, 6.07) is 1.98. The second-order valence-electron chi connectivity index (χ2n) is 7.06. The monoisotopic (exact) mass is 318 g/mol. The predicted octanol–water partition coefficient (Wildman–Crippen LogP) is 1.01. The first-order chi connectivity index (χ1) is 10.9. The molecule has 2 atom stereocenters. The molecule has 6 nitrogen and oxygen atoms in total. The minimum absolute atomic E-state index is 0.0240. The van der Waals surface area contributed by atoms with Crippen molar-refractivity contribution < 1.29 is 9.90 Å². The molecule has 0 unspecified atom stereocenters. The molecule has 2 fully saturated rings. The third-order valence-corrected chi connectivity index (χ3v) is 5.48. The fourth-order valence-electron chi connectivity index (χ4n) is 4.19. The number of aliphatic hydroxyl groups is 1. The first-order valence-electron chi connectivity index (χ1n) is 8.38. The zero-order chi connectivity index (χ0) is 16.6. The number of hydrogen-bond acceptors (Lipinski definition) is 5. The van der Waals surface area contributed by atoms with Crippen LogP contribution in [-0.4, -0.2) is 70.1 Å². The van der Waals surface area contributed by atoms with Crippen molar-refractivity contribution in [1.29, 1.82) is 0 Å². The molecule has 2 aliphatic rings. The van der Waals surface area contributed by atoms with Gasteiger partial charge < -0.3 is 14.9 Å². The van der Waals surface area contributed by atoms with Crippen LogP contribution in [0.15, 0.2) is 6.07 Å². The summed E-state index contributed by atoms with van der Waals surface area (Å²) in [7, 11) is 2.10. The van der Waals surface area contributed by atoms with E-state index >= 15 is 0 Å². The zero-order valence-corrected chi connectivity index (χ0v) is 14.2. The van der Waals surface area contributed by atoms with E-state index in [1.165, 1.54) is 0 Å². The van der Waals surface area contributed by atoms with E-state index in [9.17, 15) is 9.90 Å². The summed E-state index contributed by atoms with van der Waals surface area (Å²) in [5.41, 5.74) is 1.24. The van der Waals surface area contributed by atoms with Gasteiger partial charge in [0.05, 0.1) is 6.61 Å². The lowest BCUT2D eigenvalue weighted by atomic mass is 9.69. The molecule has 0 radical (unpaired) electrons. The molecule has 1 aromatic rings. The van der Waals surface area contributed by atoms with Gasteiger partial charge in [-0.05, 0) is 52.8 Å². The fraction of sp³-hybridized carbons (Fsp3) is 0.706. The van der Waals surface area contributed by atoms with E-state index in [0.29, 0.717) is 24.6 Å². The first-order valence-corrected chi connectivity index (χ1v) is 8.38. The SMILES string of the molecule is Cc1cc(C(=O)N2CC[C@@]3(CO)CCCN(C)[C@@H]3C2)nc(C)n1. The van der Waals surface area contributed by atoms with E-state index in [4.69, 9.17) is 0 Å². The van der Waals surface area contributed by atoms with E-state index in [0.717, 1.165) is 31.5 Å². The summed E-state index contributed by atoms with van der Waals surface area (Å²) in [5, 5.41) is 9.96. The zero-order valence-electron chi connectivity index (χ0n) is 14.2. The summed E-state index contributed by atoms with van der Waals surface area (Å²) >= 11 is 0. The largest absolute Gasteiger partial charge is 0.396 e. The summed E-state index contributed by atoms with van der Waals surface area (Å²) in [6.45, 7) is 6.28. The quantitative estimate of drug-likeness (QED) is 0.881. The van der Waals surface area contributed by atoms with E-state index in [2.05, 4.69) is 21.9 Å². The maximum atomic E-state index is 12.8. The molecular weight excluding hydrogens is 292 g/mol. The molecule has 6 heteroatoms. The van der Waals surface area contributed by atoms with Gasteiger partial charge in [-0.2, -0.15) is 0 Å². The van der Waals surface area contributed by atoms with Gasteiger partial charge >= 0.3 is 0 Å². The Morgan fingerprint density at radius 3 is 2.83 bits per heavy atom. The number of aromatic nitrogens is 2. The van der Waals surface area contributed by atoms with Crippen molar-refractivity contribution in [3.63, 3.8) is 0 Å². The Kier molecular flexibility index (Phi) is 4.38. The number of carbonyl (C=O) groups excluding carboxylic acids is 1. The number of aliphatic hydroxyl groups excluding tert-OH is 1. The van der Waals surface area contributed by atoms with E-state index in [1.54, 1.807) is 6.07 Å². The van der Waals surface area contributed by atoms with Crippen molar-refractivity contribution in [3.8, 4) is 0 Å². The lowest BCUT2D eigenvalue weighted by Crippen LogP contribution is -2.62. The predicted molar refractivity (Wildman–Crippen MR) is 87.2 cm³/mol. The maximum absolute atomic E-state index is 12.8. The maximum Gasteiger partial charge on any atom is 0.272 e. The van der Waals surface area contributed by atoms with Crippen LogP contribution < -0.4 is 0 Å². The highest BCUT2D eigenvalue weighted by Gasteiger charge is 2.47. The highest BCUT2D eigenvalue weighted by Crippen LogP contribution is 2.41. The topological polar surface area (TPSA) is 69.6 Å². The smallest absolute Gasteiger partial charge is 0.272 e. The van der Waals surface area contributed by atoms with E-state index in [-0.39, 0.29) is 24.0 Å². The fourth-order valence-corrected chi connectivity index (χ4v) is 4.19. The molecule has 3 heterocycles. The van der Waals surface area contributed by atoms with Gasteiger partial charge in [0.25, 0.3) is 5.91 Å². The van der Waals surface area contributed by atoms with Crippen LogP contribution in [0.2, 0.25) is 0 Å². The molecule has 0 saturated carbocycles. The van der Waals surface area contributed by atoms with Crippen LogP contribution in [0, 0.1) is 19.3 Å². The summed E-state index contributed by atoms with van der Waals surface area (Å²) in [4.78, 5) is 25.6. The van der Waals surface area contributed by atoms with Crippen LogP contribution >= 0.6 is 0 Å².